The number of thiophene rings is 1. The second-order valence-corrected chi connectivity index (χ2v) is 6.90. The summed E-state index contributed by atoms with van der Waals surface area (Å²) in [6.45, 7) is 1.74. The Morgan fingerprint density at radius 1 is 1.17 bits per heavy atom. The Bertz CT molecular complexity index is 763. The number of benzene rings is 1. The first-order valence-electron chi connectivity index (χ1n) is 7.75. The highest BCUT2D eigenvalue weighted by atomic mass is 32.1. The average Bonchev–Trinajstić information content (AvgIpc) is 3.08. The highest BCUT2D eigenvalue weighted by Crippen LogP contribution is 2.31. The molecule has 0 N–H and O–H groups in total. The van der Waals surface area contributed by atoms with Crippen LogP contribution in [0, 0.1) is 5.82 Å². The fraction of sp³-hybridized carbons (Fsp3) is 0.278. The maximum absolute atomic E-state index is 13.0. The zero-order valence-corrected chi connectivity index (χ0v) is 13.4. The summed E-state index contributed by atoms with van der Waals surface area (Å²) in [6, 6.07) is 11.1. The van der Waals surface area contributed by atoms with Gasteiger partial charge < -0.3 is 4.42 Å². The minimum absolute atomic E-state index is 0.253. The number of halogens is 1. The van der Waals surface area contributed by atoms with E-state index < -0.39 is 0 Å². The molecular formula is C18H17FN2OS. The Balaban J connectivity index is 1.48. The summed E-state index contributed by atoms with van der Waals surface area (Å²) >= 11 is 1.79. The highest BCUT2D eigenvalue weighted by Gasteiger charge is 2.29. The Morgan fingerprint density at radius 3 is 2.70 bits per heavy atom. The molecular weight excluding hydrogens is 311 g/mol. The first kappa shape index (κ1) is 14.6. The molecule has 0 amide bonds. The van der Waals surface area contributed by atoms with Crippen LogP contribution < -0.4 is 0 Å². The summed E-state index contributed by atoms with van der Waals surface area (Å²) in [7, 11) is 0. The third kappa shape index (κ3) is 3.51. The number of rotatable bonds is 6. The van der Waals surface area contributed by atoms with Crippen molar-refractivity contribution in [3.63, 3.8) is 0 Å². The minimum Gasteiger partial charge on any atom is -0.444 e. The zero-order chi connectivity index (χ0) is 15.6. The van der Waals surface area contributed by atoms with Gasteiger partial charge in [0.25, 0.3) is 0 Å². The molecule has 1 aromatic carbocycles. The summed E-state index contributed by atoms with van der Waals surface area (Å²) < 4.78 is 18.6. The van der Waals surface area contributed by atoms with Crippen molar-refractivity contribution in [2.24, 2.45) is 0 Å². The van der Waals surface area contributed by atoms with Gasteiger partial charge in [0.15, 0.2) is 0 Å². The predicted octanol–water partition coefficient (Wildman–Crippen LogP) is 4.71. The third-order valence-electron chi connectivity index (χ3n) is 4.01. The van der Waals surface area contributed by atoms with E-state index in [1.165, 1.54) is 29.9 Å². The van der Waals surface area contributed by atoms with Gasteiger partial charge in [-0.15, -0.1) is 11.3 Å². The van der Waals surface area contributed by atoms with Gasteiger partial charge in [0.05, 0.1) is 5.69 Å². The molecule has 1 aliphatic rings. The smallest absolute Gasteiger partial charge is 0.226 e. The fourth-order valence-electron chi connectivity index (χ4n) is 2.67. The van der Waals surface area contributed by atoms with Gasteiger partial charge >= 0.3 is 0 Å². The maximum atomic E-state index is 13.0. The Morgan fingerprint density at radius 2 is 2.00 bits per heavy atom. The molecule has 4 rings (SSSR count). The molecule has 0 saturated heterocycles. The van der Waals surface area contributed by atoms with Crippen LogP contribution in [-0.4, -0.2) is 15.9 Å². The van der Waals surface area contributed by atoms with Crippen molar-refractivity contribution in [1.29, 1.82) is 0 Å². The van der Waals surface area contributed by atoms with Gasteiger partial charge in [0.2, 0.25) is 5.89 Å². The molecule has 0 bridgehead atoms. The van der Waals surface area contributed by atoms with Crippen LogP contribution in [0.15, 0.2) is 52.5 Å². The fourth-order valence-corrected chi connectivity index (χ4v) is 3.40. The largest absolute Gasteiger partial charge is 0.444 e. The number of hydrogen-bond acceptors (Lipinski definition) is 4. The van der Waals surface area contributed by atoms with E-state index in [9.17, 15) is 4.39 Å². The quantitative estimate of drug-likeness (QED) is 0.656. The molecule has 1 fully saturated rings. The monoisotopic (exact) mass is 328 g/mol. The summed E-state index contributed by atoms with van der Waals surface area (Å²) in [5.41, 5.74) is 1.72. The first-order chi connectivity index (χ1) is 11.3. The molecule has 118 valence electrons. The molecule has 2 aromatic heterocycles. The summed E-state index contributed by atoms with van der Waals surface area (Å²) in [5.74, 6) is 0.295. The average molecular weight is 328 g/mol. The van der Waals surface area contributed by atoms with E-state index in [0.717, 1.165) is 24.3 Å². The number of oxazole rings is 1. The van der Waals surface area contributed by atoms with Crippen LogP contribution in [-0.2, 0) is 13.1 Å². The minimum atomic E-state index is -0.253. The molecule has 0 aliphatic heterocycles. The molecule has 1 aliphatic carbocycles. The lowest BCUT2D eigenvalue weighted by molar-refractivity contribution is 0.245. The van der Waals surface area contributed by atoms with Gasteiger partial charge in [-0.3, -0.25) is 4.90 Å². The molecule has 1 saturated carbocycles. The normalized spacial score (nSPS) is 14.5. The molecule has 5 heteroatoms. The zero-order valence-electron chi connectivity index (χ0n) is 12.6. The summed E-state index contributed by atoms with van der Waals surface area (Å²) in [6.07, 6.45) is 4.23. The van der Waals surface area contributed by atoms with Crippen molar-refractivity contribution >= 4 is 11.3 Å². The van der Waals surface area contributed by atoms with Gasteiger partial charge in [-0.1, -0.05) is 6.07 Å². The van der Waals surface area contributed by atoms with E-state index in [2.05, 4.69) is 27.4 Å². The molecule has 0 unspecified atom stereocenters. The van der Waals surface area contributed by atoms with E-state index in [1.54, 1.807) is 29.7 Å². The molecule has 0 atom stereocenters. The first-order valence-corrected chi connectivity index (χ1v) is 8.63. The van der Waals surface area contributed by atoms with Crippen LogP contribution in [0.2, 0.25) is 0 Å². The van der Waals surface area contributed by atoms with Crippen molar-refractivity contribution in [3.05, 3.63) is 64.4 Å². The number of aromatic nitrogens is 1. The van der Waals surface area contributed by atoms with E-state index >= 15 is 0 Å². The van der Waals surface area contributed by atoms with E-state index in [0.29, 0.717) is 11.9 Å². The second kappa shape index (κ2) is 6.26. The SMILES string of the molecule is Fc1ccc(-c2nc(CN(Cc3cccs3)C3CC3)co2)cc1. The molecule has 3 aromatic rings. The second-order valence-electron chi connectivity index (χ2n) is 5.87. The maximum Gasteiger partial charge on any atom is 0.226 e. The Kier molecular flexibility index (Phi) is 3.97. The van der Waals surface area contributed by atoms with Gasteiger partial charge in [0, 0.05) is 29.6 Å². The number of nitrogens with zero attached hydrogens (tertiary/aromatic N) is 2. The third-order valence-corrected chi connectivity index (χ3v) is 4.87. The molecule has 0 spiro atoms. The topological polar surface area (TPSA) is 29.3 Å². The lowest BCUT2D eigenvalue weighted by Gasteiger charge is -2.19. The van der Waals surface area contributed by atoms with Gasteiger partial charge in [-0.05, 0) is 48.6 Å². The van der Waals surface area contributed by atoms with Crippen molar-refractivity contribution < 1.29 is 8.81 Å². The van der Waals surface area contributed by atoms with Crippen LogP contribution >= 0.6 is 11.3 Å². The van der Waals surface area contributed by atoms with Crippen LogP contribution in [0.5, 0.6) is 0 Å². The van der Waals surface area contributed by atoms with Gasteiger partial charge in [-0.25, -0.2) is 9.37 Å². The van der Waals surface area contributed by atoms with Crippen LogP contribution in [0.4, 0.5) is 4.39 Å². The van der Waals surface area contributed by atoms with Crippen molar-refractivity contribution in [2.45, 2.75) is 32.0 Å². The molecule has 2 heterocycles. The summed E-state index contributed by atoms with van der Waals surface area (Å²) in [4.78, 5) is 8.39. The van der Waals surface area contributed by atoms with E-state index in [-0.39, 0.29) is 5.82 Å². The summed E-state index contributed by atoms with van der Waals surface area (Å²) in [5, 5.41) is 2.11. The lowest BCUT2D eigenvalue weighted by atomic mass is 10.2. The molecule has 0 radical (unpaired) electrons. The van der Waals surface area contributed by atoms with Crippen LogP contribution in [0.3, 0.4) is 0 Å². The van der Waals surface area contributed by atoms with E-state index in [1.807, 2.05) is 0 Å². The van der Waals surface area contributed by atoms with Crippen LogP contribution in [0.25, 0.3) is 11.5 Å². The van der Waals surface area contributed by atoms with Gasteiger partial charge in [-0.2, -0.15) is 0 Å². The standard InChI is InChI=1S/C18H17FN2OS/c19-14-5-3-13(4-6-14)18-20-15(12-22-18)10-21(16-7-8-16)11-17-2-1-9-23-17/h1-6,9,12,16H,7-8,10-11H2. The molecule has 3 nitrogen and oxygen atoms in total. The number of hydrogen-bond donors (Lipinski definition) is 0. The highest BCUT2D eigenvalue weighted by molar-refractivity contribution is 7.09. The van der Waals surface area contributed by atoms with E-state index in [4.69, 9.17) is 4.42 Å². The van der Waals surface area contributed by atoms with Crippen molar-refractivity contribution in [2.75, 3.05) is 0 Å². The van der Waals surface area contributed by atoms with Crippen LogP contribution in [0.1, 0.15) is 23.4 Å². The predicted molar refractivity (Wildman–Crippen MR) is 88.5 cm³/mol. The van der Waals surface area contributed by atoms with Crippen molar-refractivity contribution in [1.82, 2.24) is 9.88 Å². The molecule has 23 heavy (non-hydrogen) atoms. The Labute approximate surface area is 138 Å². The van der Waals surface area contributed by atoms with Gasteiger partial charge in [0.1, 0.15) is 12.1 Å². The lowest BCUT2D eigenvalue weighted by Crippen LogP contribution is -2.24. The Hall–Kier alpha value is -1.98. The van der Waals surface area contributed by atoms with Crippen molar-refractivity contribution in [3.8, 4) is 11.5 Å².